The zero-order chi connectivity index (χ0) is 21.3. The molecule has 8 nitrogen and oxygen atoms in total. The molecule has 0 unspecified atom stereocenters. The molecule has 2 aliphatic rings. The maximum absolute atomic E-state index is 13.3. The first-order valence-electron chi connectivity index (χ1n) is 10.3. The standard InChI is InChI=1S/C22H28N4O4/c1-25-18-11-12-26(22(28)15-5-4-6-19(29-2)21(15)30-3)13-16(18)17(24-25)9-10-20(27)23-14-7-8-14/h4-6,14H,7-13H2,1-3H3,(H,23,27). The second-order valence-electron chi connectivity index (χ2n) is 7.86. The van der Waals surface area contributed by atoms with Crippen LogP contribution >= 0.6 is 0 Å². The lowest BCUT2D eigenvalue weighted by Gasteiger charge is -2.28. The maximum atomic E-state index is 13.3. The number of aryl methyl sites for hydroxylation is 2. The summed E-state index contributed by atoms with van der Waals surface area (Å²) in [6, 6.07) is 5.68. The Kier molecular flexibility index (Phi) is 5.65. The van der Waals surface area contributed by atoms with Gasteiger partial charge in [-0.3, -0.25) is 14.3 Å². The van der Waals surface area contributed by atoms with Crippen LogP contribution < -0.4 is 14.8 Å². The van der Waals surface area contributed by atoms with E-state index in [0.717, 1.165) is 36.2 Å². The normalized spacial score (nSPS) is 15.5. The summed E-state index contributed by atoms with van der Waals surface area (Å²) < 4.78 is 12.7. The van der Waals surface area contributed by atoms with Gasteiger partial charge in [-0.05, 0) is 25.0 Å². The average Bonchev–Trinajstić information content (AvgIpc) is 3.52. The van der Waals surface area contributed by atoms with Gasteiger partial charge >= 0.3 is 0 Å². The number of amides is 2. The second kappa shape index (κ2) is 8.38. The van der Waals surface area contributed by atoms with E-state index in [2.05, 4.69) is 10.4 Å². The Morgan fingerprint density at radius 2 is 2.03 bits per heavy atom. The lowest BCUT2D eigenvalue weighted by molar-refractivity contribution is -0.121. The van der Waals surface area contributed by atoms with Gasteiger partial charge in [-0.25, -0.2) is 0 Å². The smallest absolute Gasteiger partial charge is 0.258 e. The minimum absolute atomic E-state index is 0.0711. The number of aromatic nitrogens is 2. The van der Waals surface area contributed by atoms with Crippen LogP contribution in [0.25, 0.3) is 0 Å². The van der Waals surface area contributed by atoms with Crippen LogP contribution in [0.5, 0.6) is 11.5 Å². The van der Waals surface area contributed by atoms with E-state index >= 15 is 0 Å². The minimum atomic E-state index is -0.0994. The van der Waals surface area contributed by atoms with Crippen molar-refractivity contribution < 1.29 is 19.1 Å². The molecular weight excluding hydrogens is 384 g/mol. The number of fused-ring (bicyclic) bond motifs is 1. The fourth-order valence-corrected chi connectivity index (χ4v) is 4.03. The molecule has 1 fully saturated rings. The fraction of sp³-hybridized carbons (Fsp3) is 0.500. The Balaban J connectivity index is 1.51. The summed E-state index contributed by atoms with van der Waals surface area (Å²) >= 11 is 0. The number of para-hydroxylation sites is 1. The Hall–Kier alpha value is -3.03. The number of carbonyl (C=O) groups excluding carboxylic acids is 2. The molecule has 1 aromatic heterocycles. The summed E-state index contributed by atoms with van der Waals surface area (Å²) in [5.41, 5.74) is 3.57. The monoisotopic (exact) mass is 412 g/mol. The molecule has 0 bridgehead atoms. The minimum Gasteiger partial charge on any atom is -0.493 e. The van der Waals surface area contributed by atoms with E-state index in [1.807, 2.05) is 16.6 Å². The highest BCUT2D eigenvalue weighted by molar-refractivity contribution is 5.98. The van der Waals surface area contributed by atoms with E-state index in [1.165, 1.54) is 7.11 Å². The molecule has 4 rings (SSSR count). The highest BCUT2D eigenvalue weighted by Gasteiger charge is 2.30. The molecule has 1 N–H and O–H groups in total. The van der Waals surface area contributed by atoms with Crippen molar-refractivity contribution in [3.63, 3.8) is 0 Å². The molecule has 2 heterocycles. The first kappa shape index (κ1) is 20.3. The number of nitrogens with zero attached hydrogens (tertiary/aromatic N) is 3. The molecular formula is C22H28N4O4. The van der Waals surface area contributed by atoms with E-state index in [0.29, 0.717) is 49.0 Å². The van der Waals surface area contributed by atoms with Gasteiger partial charge in [0.1, 0.15) is 0 Å². The van der Waals surface area contributed by atoms with Crippen LogP contribution in [-0.4, -0.2) is 53.3 Å². The van der Waals surface area contributed by atoms with Gasteiger partial charge in [-0.15, -0.1) is 0 Å². The SMILES string of the molecule is COc1cccc(C(=O)N2CCc3c(c(CCC(=O)NC4CC4)nn3C)C2)c1OC. The Morgan fingerprint density at radius 3 is 2.73 bits per heavy atom. The molecule has 1 saturated carbocycles. The van der Waals surface area contributed by atoms with Crippen molar-refractivity contribution in [2.75, 3.05) is 20.8 Å². The molecule has 2 amide bonds. The van der Waals surface area contributed by atoms with Crippen LogP contribution in [-0.2, 0) is 31.2 Å². The third-order valence-electron chi connectivity index (χ3n) is 5.78. The van der Waals surface area contributed by atoms with Crippen LogP contribution in [0.15, 0.2) is 18.2 Å². The van der Waals surface area contributed by atoms with Gasteiger partial charge in [-0.2, -0.15) is 5.10 Å². The van der Waals surface area contributed by atoms with Crippen molar-refractivity contribution in [3.05, 3.63) is 40.7 Å². The Bertz CT molecular complexity index is 964. The van der Waals surface area contributed by atoms with E-state index < -0.39 is 0 Å². The third-order valence-corrected chi connectivity index (χ3v) is 5.78. The van der Waals surface area contributed by atoms with Gasteiger partial charge in [0.05, 0.1) is 25.5 Å². The first-order valence-corrected chi connectivity index (χ1v) is 10.3. The lowest BCUT2D eigenvalue weighted by atomic mass is 10.0. The number of ether oxygens (including phenoxy) is 2. The molecule has 1 aliphatic carbocycles. The summed E-state index contributed by atoms with van der Waals surface area (Å²) in [6.07, 6.45) is 3.88. The lowest BCUT2D eigenvalue weighted by Crippen LogP contribution is -2.36. The van der Waals surface area contributed by atoms with Crippen molar-refractivity contribution in [3.8, 4) is 11.5 Å². The molecule has 0 spiro atoms. The van der Waals surface area contributed by atoms with E-state index in [9.17, 15) is 9.59 Å². The van der Waals surface area contributed by atoms with Gasteiger partial charge in [0.15, 0.2) is 11.5 Å². The second-order valence-corrected chi connectivity index (χ2v) is 7.86. The third kappa shape index (κ3) is 3.99. The molecule has 1 aromatic carbocycles. The van der Waals surface area contributed by atoms with Crippen LogP contribution in [0, 0.1) is 0 Å². The summed E-state index contributed by atoms with van der Waals surface area (Å²) in [6.45, 7) is 1.08. The Morgan fingerprint density at radius 1 is 1.23 bits per heavy atom. The Labute approximate surface area is 176 Å². The van der Waals surface area contributed by atoms with Gasteiger partial charge < -0.3 is 19.7 Å². The molecule has 160 valence electrons. The summed E-state index contributed by atoms with van der Waals surface area (Å²) in [5.74, 6) is 0.947. The molecule has 8 heteroatoms. The maximum Gasteiger partial charge on any atom is 0.258 e. The van der Waals surface area contributed by atoms with Crippen LogP contribution in [0.3, 0.4) is 0 Å². The van der Waals surface area contributed by atoms with Gasteiger partial charge in [0.25, 0.3) is 5.91 Å². The number of benzene rings is 1. The zero-order valence-corrected chi connectivity index (χ0v) is 17.7. The predicted octanol–water partition coefficient (Wildman–Crippen LogP) is 1.85. The summed E-state index contributed by atoms with van der Waals surface area (Å²) in [7, 11) is 5.02. The van der Waals surface area contributed by atoms with E-state index in [1.54, 1.807) is 25.3 Å². The van der Waals surface area contributed by atoms with Crippen LogP contribution in [0.4, 0.5) is 0 Å². The summed E-state index contributed by atoms with van der Waals surface area (Å²) in [4.78, 5) is 27.2. The van der Waals surface area contributed by atoms with Gasteiger partial charge in [0.2, 0.25) is 5.91 Å². The van der Waals surface area contributed by atoms with Crippen molar-refractivity contribution >= 4 is 11.8 Å². The molecule has 30 heavy (non-hydrogen) atoms. The zero-order valence-electron chi connectivity index (χ0n) is 17.7. The number of hydrogen-bond donors (Lipinski definition) is 1. The molecule has 1 aliphatic heterocycles. The van der Waals surface area contributed by atoms with E-state index in [-0.39, 0.29) is 11.8 Å². The largest absolute Gasteiger partial charge is 0.493 e. The topological polar surface area (TPSA) is 85.7 Å². The van der Waals surface area contributed by atoms with Gasteiger partial charge in [0, 0.05) is 56.7 Å². The number of hydrogen-bond acceptors (Lipinski definition) is 5. The number of rotatable bonds is 7. The fourth-order valence-electron chi connectivity index (χ4n) is 4.03. The van der Waals surface area contributed by atoms with Crippen LogP contribution in [0.2, 0.25) is 0 Å². The number of nitrogens with one attached hydrogen (secondary N) is 1. The van der Waals surface area contributed by atoms with Crippen molar-refractivity contribution in [1.82, 2.24) is 20.0 Å². The van der Waals surface area contributed by atoms with Gasteiger partial charge in [-0.1, -0.05) is 6.07 Å². The highest BCUT2D eigenvalue weighted by Crippen LogP contribution is 2.33. The van der Waals surface area contributed by atoms with E-state index in [4.69, 9.17) is 9.47 Å². The van der Waals surface area contributed by atoms with Crippen molar-refractivity contribution in [1.29, 1.82) is 0 Å². The van der Waals surface area contributed by atoms with Crippen molar-refractivity contribution in [2.24, 2.45) is 7.05 Å². The molecule has 2 aromatic rings. The molecule has 0 atom stereocenters. The highest BCUT2D eigenvalue weighted by atomic mass is 16.5. The molecule has 0 radical (unpaired) electrons. The van der Waals surface area contributed by atoms with Crippen molar-refractivity contribution in [2.45, 2.75) is 44.7 Å². The quantitative estimate of drug-likeness (QED) is 0.750. The first-order chi connectivity index (χ1) is 14.5. The summed E-state index contributed by atoms with van der Waals surface area (Å²) in [5, 5.41) is 7.66. The number of carbonyl (C=O) groups is 2. The average molecular weight is 412 g/mol. The predicted molar refractivity (Wildman–Crippen MR) is 111 cm³/mol. The number of methoxy groups -OCH3 is 2. The molecule has 0 saturated heterocycles. The van der Waals surface area contributed by atoms with Crippen LogP contribution in [0.1, 0.15) is 46.6 Å².